The molecule has 4 saturated heterocycles. The maximum Gasteiger partial charge on any atom is 0.192 e. The molecule has 2 unspecified atom stereocenters. The molecule has 0 radical (unpaired) electrons. The van der Waals surface area contributed by atoms with Gasteiger partial charge in [0.2, 0.25) is 0 Å². The van der Waals surface area contributed by atoms with Gasteiger partial charge in [0.15, 0.2) is 32.8 Å². The van der Waals surface area contributed by atoms with E-state index in [1.165, 1.54) is 0 Å². The molecule has 0 amide bonds. The first kappa shape index (κ1) is 48.8. The van der Waals surface area contributed by atoms with Crippen LogP contribution >= 0.6 is 0 Å². The highest BCUT2D eigenvalue weighted by atomic mass is 32.2. The first-order chi connectivity index (χ1) is 27.5. The lowest BCUT2D eigenvalue weighted by molar-refractivity contribution is -0.0728. The zero-order chi connectivity index (χ0) is 43.4. The summed E-state index contributed by atoms with van der Waals surface area (Å²) in [6.45, 7) is 33.1. The van der Waals surface area contributed by atoms with Crippen molar-refractivity contribution in [1.82, 2.24) is 0 Å². The van der Waals surface area contributed by atoms with Crippen LogP contribution in [0.15, 0.2) is 59.5 Å². The third-order valence-electron chi connectivity index (χ3n) is 14.1. The van der Waals surface area contributed by atoms with E-state index in [4.69, 9.17) is 37.3 Å². The Balaban J connectivity index is 1.31. The van der Waals surface area contributed by atoms with Gasteiger partial charge in [0.1, 0.15) is 0 Å². The van der Waals surface area contributed by atoms with Gasteiger partial charge < -0.3 is 37.3 Å². The second kappa shape index (κ2) is 20.1. The fourth-order valence-electron chi connectivity index (χ4n) is 8.36. The summed E-state index contributed by atoms with van der Waals surface area (Å²) in [5.41, 5.74) is 2.16. The molecule has 13 heteroatoms. The maximum atomic E-state index is 14.1. The number of methoxy groups -OCH3 is 1. The van der Waals surface area contributed by atoms with Crippen molar-refractivity contribution in [3.05, 3.63) is 54.6 Å². The molecule has 0 aliphatic carbocycles. The van der Waals surface area contributed by atoms with Gasteiger partial charge in [0.05, 0.1) is 79.3 Å². The number of hydrogen-bond donors (Lipinski definition) is 0. The molecular weight excluding hydrogens is 801 g/mol. The molecule has 0 spiro atoms. The molecule has 1 aromatic carbocycles. The fraction of sp³-hybridized carbons (Fsp3) is 0.783. The molecule has 1 aromatic rings. The van der Waals surface area contributed by atoms with E-state index in [1.807, 2.05) is 6.07 Å². The van der Waals surface area contributed by atoms with Crippen LogP contribution in [-0.2, 0) is 47.1 Å². The molecule has 4 fully saturated rings. The second-order valence-corrected chi connectivity index (χ2v) is 32.2. The van der Waals surface area contributed by atoms with Crippen LogP contribution < -0.4 is 0 Å². The summed E-state index contributed by atoms with van der Waals surface area (Å²) >= 11 is 0. The van der Waals surface area contributed by atoms with Gasteiger partial charge in [-0.15, -0.1) is 0 Å². The number of sulfone groups is 1. The highest BCUT2D eigenvalue weighted by Crippen LogP contribution is 2.43. The Labute approximate surface area is 359 Å². The first-order valence-corrected chi connectivity index (χ1v) is 29.6. The van der Waals surface area contributed by atoms with Crippen LogP contribution in [0.2, 0.25) is 36.3 Å². The van der Waals surface area contributed by atoms with E-state index in [2.05, 4.69) is 80.9 Å². The molecule has 0 N–H and O–H groups in total. The third-order valence-corrected chi connectivity index (χ3v) is 25.0. The van der Waals surface area contributed by atoms with Crippen molar-refractivity contribution >= 4 is 26.5 Å². The Morgan fingerprint density at radius 2 is 1.42 bits per heavy atom. The number of rotatable bonds is 19. The smallest absolute Gasteiger partial charge is 0.192 e. The zero-order valence-corrected chi connectivity index (χ0v) is 41.1. The van der Waals surface area contributed by atoms with Gasteiger partial charge in [-0.25, -0.2) is 8.42 Å². The standard InChI is InChI=1S/C46H78O10SSi2/c1-32-19-20-34(21-23-39-33(2)27-35(54-39)22-24-43-50-25-26-51-43)53-40(32)29-41-38(31-57(47,48)37-17-15-14-16-18-37)44(49-9)42(55-41)28-36(56-59(12,13)46(6,7)8)30-52-58(10,11)45(3,4)5/h14-18,34-36,38-44H,1-2,19-31H2,3-13H3/t34-,35+,36?,38+,39+,40-,41+,42-,44?/m1/s1. The summed E-state index contributed by atoms with van der Waals surface area (Å²) in [7, 11) is -6.33. The van der Waals surface area contributed by atoms with E-state index in [0.29, 0.717) is 37.6 Å². The van der Waals surface area contributed by atoms with Crippen LogP contribution in [0.25, 0.3) is 0 Å². The molecule has 59 heavy (non-hydrogen) atoms. The molecule has 4 aliphatic rings. The van der Waals surface area contributed by atoms with E-state index in [-0.39, 0.29) is 52.6 Å². The minimum absolute atomic E-state index is 0.00802. The SMILES string of the molecule is C=C1C[C@H](CCC2OCCO2)O[C@H]1CC[C@H]1CCC(=C)[C@@H](C[C@@H]2O[C@H](CC(CO[Si](C)(C)C(C)(C)C)O[Si](C)(C)C(C)(C)C)C(OC)[C@H]2CS(=O)(=O)c2ccccc2)O1. The summed E-state index contributed by atoms with van der Waals surface area (Å²) in [6, 6.07) is 8.70. The van der Waals surface area contributed by atoms with Crippen molar-refractivity contribution < 1.29 is 45.7 Å². The Morgan fingerprint density at radius 3 is 2.05 bits per heavy atom. The van der Waals surface area contributed by atoms with Crippen molar-refractivity contribution in [3.8, 4) is 0 Å². The van der Waals surface area contributed by atoms with Gasteiger partial charge in [0, 0.05) is 32.3 Å². The number of hydrogen-bond acceptors (Lipinski definition) is 10. The topological polar surface area (TPSA) is 108 Å². The molecular formula is C46H78O10SSi2. The average molecular weight is 879 g/mol. The van der Waals surface area contributed by atoms with Crippen molar-refractivity contribution in [2.75, 3.05) is 32.7 Å². The minimum atomic E-state index is -3.67. The Bertz CT molecular complexity index is 1630. The number of ether oxygens (including phenoxy) is 6. The molecule has 4 heterocycles. The van der Waals surface area contributed by atoms with E-state index in [9.17, 15) is 8.42 Å². The van der Waals surface area contributed by atoms with E-state index >= 15 is 0 Å². The quantitative estimate of drug-likeness (QED) is 0.0985. The van der Waals surface area contributed by atoms with E-state index < -0.39 is 50.7 Å². The highest BCUT2D eigenvalue weighted by molar-refractivity contribution is 7.91. The molecule has 0 aromatic heterocycles. The van der Waals surface area contributed by atoms with E-state index in [0.717, 1.165) is 56.1 Å². The van der Waals surface area contributed by atoms with Gasteiger partial charge in [-0.05, 0) is 98.1 Å². The van der Waals surface area contributed by atoms with Gasteiger partial charge >= 0.3 is 0 Å². The van der Waals surface area contributed by atoms with Crippen LogP contribution in [0.5, 0.6) is 0 Å². The molecule has 0 bridgehead atoms. The maximum absolute atomic E-state index is 14.1. The zero-order valence-electron chi connectivity index (χ0n) is 38.3. The molecule has 9 atom stereocenters. The van der Waals surface area contributed by atoms with Crippen LogP contribution in [0.4, 0.5) is 0 Å². The lowest BCUT2D eigenvalue weighted by Gasteiger charge is -2.42. The lowest BCUT2D eigenvalue weighted by atomic mass is 9.88. The van der Waals surface area contributed by atoms with Crippen LogP contribution in [0, 0.1) is 5.92 Å². The largest absolute Gasteiger partial charge is 0.414 e. The predicted octanol–water partition coefficient (Wildman–Crippen LogP) is 9.80. The van der Waals surface area contributed by atoms with E-state index in [1.54, 1.807) is 31.4 Å². The van der Waals surface area contributed by atoms with Crippen molar-refractivity contribution in [3.63, 3.8) is 0 Å². The number of benzene rings is 1. The molecule has 336 valence electrons. The minimum Gasteiger partial charge on any atom is -0.414 e. The third kappa shape index (κ3) is 12.9. The van der Waals surface area contributed by atoms with Crippen LogP contribution in [0.3, 0.4) is 0 Å². The summed E-state index contributed by atoms with van der Waals surface area (Å²) in [4.78, 5) is 0.301. The summed E-state index contributed by atoms with van der Waals surface area (Å²) in [5, 5.41) is 0.0264. The van der Waals surface area contributed by atoms with Crippen molar-refractivity contribution in [2.24, 2.45) is 5.92 Å². The summed E-state index contributed by atoms with van der Waals surface area (Å²) in [6.07, 6.45) is 5.22. The van der Waals surface area contributed by atoms with Crippen molar-refractivity contribution in [2.45, 2.75) is 196 Å². The Morgan fingerprint density at radius 1 is 0.797 bits per heavy atom. The fourth-order valence-corrected chi connectivity index (χ4v) is 12.4. The van der Waals surface area contributed by atoms with Gasteiger partial charge in [-0.1, -0.05) is 72.9 Å². The summed E-state index contributed by atoms with van der Waals surface area (Å²) in [5.74, 6) is -0.538. The molecule has 0 saturated carbocycles. The first-order valence-electron chi connectivity index (χ1n) is 22.2. The normalized spacial score (nSPS) is 29.7. The predicted molar refractivity (Wildman–Crippen MR) is 240 cm³/mol. The van der Waals surface area contributed by atoms with Crippen LogP contribution in [-0.4, -0.2) is 113 Å². The highest BCUT2D eigenvalue weighted by Gasteiger charge is 2.50. The molecule has 5 rings (SSSR count). The Hall–Kier alpha value is -1.24. The average Bonchev–Trinajstić information content (AvgIpc) is 3.88. The summed E-state index contributed by atoms with van der Waals surface area (Å²) < 4.78 is 80.0. The molecule has 10 nitrogen and oxygen atoms in total. The van der Waals surface area contributed by atoms with Gasteiger partial charge in [-0.2, -0.15) is 0 Å². The second-order valence-electron chi connectivity index (χ2n) is 20.6. The van der Waals surface area contributed by atoms with Gasteiger partial charge in [0.25, 0.3) is 0 Å². The van der Waals surface area contributed by atoms with Crippen LogP contribution in [0.1, 0.15) is 99.3 Å². The lowest BCUT2D eigenvalue weighted by Crippen LogP contribution is -2.49. The molecule has 4 aliphatic heterocycles. The monoisotopic (exact) mass is 878 g/mol. The van der Waals surface area contributed by atoms with Crippen molar-refractivity contribution in [1.29, 1.82) is 0 Å². The van der Waals surface area contributed by atoms with Gasteiger partial charge in [-0.3, -0.25) is 0 Å². The Kier molecular flexibility index (Phi) is 16.6.